The van der Waals surface area contributed by atoms with Gasteiger partial charge >= 0.3 is 0 Å². The molecule has 0 spiro atoms. The number of carbonyl (C=O) groups excluding carboxylic acids is 2. The van der Waals surface area contributed by atoms with Gasteiger partial charge in [-0.05, 0) is 48.9 Å². The van der Waals surface area contributed by atoms with Crippen LogP contribution in [0.5, 0.6) is 0 Å². The third-order valence-corrected chi connectivity index (χ3v) is 8.88. The van der Waals surface area contributed by atoms with Crippen molar-refractivity contribution < 1.29 is 18.0 Å². The minimum absolute atomic E-state index is 0.118. The van der Waals surface area contributed by atoms with Gasteiger partial charge in [0.2, 0.25) is 21.8 Å². The summed E-state index contributed by atoms with van der Waals surface area (Å²) in [5.41, 5.74) is 3.38. The van der Waals surface area contributed by atoms with Crippen LogP contribution in [-0.2, 0) is 32.6 Å². The number of nitrogens with zero attached hydrogens (tertiary/aromatic N) is 2. The Kier molecular flexibility index (Phi) is 10.6. The zero-order chi connectivity index (χ0) is 29.2. The van der Waals surface area contributed by atoms with Gasteiger partial charge in [-0.2, -0.15) is 0 Å². The number of carbonyl (C=O) groups is 2. The van der Waals surface area contributed by atoms with Gasteiger partial charge in [-0.3, -0.25) is 13.9 Å². The number of anilines is 1. The van der Waals surface area contributed by atoms with E-state index in [1.54, 1.807) is 11.0 Å². The van der Waals surface area contributed by atoms with E-state index in [0.29, 0.717) is 25.1 Å². The lowest BCUT2D eigenvalue weighted by Gasteiger charge is -2.33. The normalized spacial score (nSPS) is 14.4. The second-order valence-electron chi connectivity index (χ2n) is 10.9. The highest BCUT2D eigenvalue weighted by Crippen LogP contribution is 2.24. The third kappa shape index (κ3) is 8.67. The Hall–Kier alpha value is -3.65. The average Bonchev–Trinajstić information content (AvgIpc) is 3.47. The zero-order valence-corrected chi connectivity index (χ0v) is 24.9. The molecule has 7 nitrogen and oxygen atoms in total. The molecule has 41 heavy (non-hydrogen) atoms. The predicted molar refractivity (Wildman–Crippen MR) is 164 cm³/mol. The molecule has 1 aliphatic carbocycles. The molecule has 1 unspecified atom stereocenters. The number of para-hydroxylation sites is 1. The molecule has 4 rings (SSSR count). The molecule has 3 aromatic rings. The van der Waals surface area contributed by atoms with Gasteiger partial charge in [-0.25, -0.2) is 8.42 Å². The van der Waals surface area contributed by atoms with Crippen molar-refractivity contribution in [2.24, 2.45) is 0 Å². The van der Waals surface area contributed by atoms with Crippen molar-refractivity contribution in [2.75, 3.05) is 17.1 Å². The number of aryl methyl sites for hydroxylation is 1. The van der Waals surface area contributed by atoms with E-state index in [4.69, 9.17) is 0 Å². The van der Waals surface area contributed by atoms with Crippen molar-refractivity contribution in [3.63, 3.8) is 0 Å². The van der Waals surface area contributed by atoms with E-state index >= 15 is 0 Å². The van der Waals surface area contributed by atoms with Crippen LogP contribution in [0.15, 0.2) is 84.9 Å². The molecule has 0 aromatic heterocycles. The quantitative estimate of drug-likeness (QED) is 0.302. The zero-order valence-electron chi connectivity index (χ0n) is 24.0. The maximum Gasteiger partial charge on any atom is 0.243 e. The summed E-state index contributed by atoms with van der Waals surface area (Å²) in [7, 11) is -3.55. The molecule has 218 valence electrons. The molecule has 0 radical (unpaired) electrons. The number of sulfonamides is 1. The van der Waals surface area contributed by atoms with E-state index in [1.807, 2.05) is 85.8 Å². The van der Waals surface area contributed by atoms with E-state index in [1.165, 1.54) is 10.6 Å². The molecule has 0 heterocycles. The first-order chi connectivity index (χ1) is 19.7. The minimum Gasteiger partial charge on any atom is -0.352 e. The van der Waals surface area contributed by atoms with Crippen molar-refractivity contribution in [3.8, 4) is 0 Å². The van der Waals surface area contributed by atoms with E-state index in [2.05, 4.69) is 5.32 Å². The number of rotatable bonds is 13. The first kappa shape index (κ1) is 30.3. The Balaban J connectivity index is 1.57. The van der Waals surface area contributed by atoms with Gasteiger partial charge in [0.15, 0.2) is 0 Å². The monoisotopic (exact) mass is 575 g/mol. The summed E-state index contributed by atoms with van der Waals surface area (Å²) in [4.78, 5) is 29.4. The molecular formula is C33H41N3O4S. The third-order valence-electron chi connectivity index (χ3n) is 7.70. The molecule has 3 aromatic carbocycles. The highest BCUT2D eigenvalue weighted by atomic mass is 32.2. The van der Waals surface area contributed by atoms with Crippen LogP contribution in [0.1, 0.15) is 55.2 Å². The second kappa shape index (κ2) is 14.3. The lowest BCUT2D eigenvalue weighted by atomic mass is 10.0. The lowest BCUT2D eigenvalue weighted by Crippen LogP contribution is -2.52. The summed E-state index contributed by atoms with van der Waals surface area (Å²) in [6.45, 7) is 2.34. The number of nitrogens with one attached hydrogen (secondary N) is 1. The minimum atomic E-state index is -3.55. The van der Waals surface area contributed by atoms with Gasteiger partial charge < -0.3 is 10.2 Å². The summed E-state index contributed by atoms with van der Waals surface area (Å²) >= 11 is 0. The van der Waals surface area contributed by atoms with Crippen molar-refractivity contribution in [1.82, 2.24) is 10.2 Å². The van der Waals surface area contributed by atoms with Crippen molar-refractivity contribution >= 4 is 27.5 Å². The first-order valence-corrected chi connectivity index (χ1v) is 16.3. The Labute approximate surface area is 244 Å². The molecule has 0 bridgehead atoms. The molecule has 1 saturated carbocycles. The van der Waals surface area contributed by atoms with Crippen LogP contribution in [-0.4, -0.2) is 50.0 Å². The molecule has 1 atom stereocenters. The van der Waals surface area contributed by atoms with E-state index < -0.39 is 16.1 Å². The van der Waals surface area contributed by atoms with Crippen LogP contribution in [0, 0.1) is 6.92 Å². The Morgan fingerprint density at radius 3 is 2.07 bits per heavy atom. The number of hydrogen-bond donors (Lipinski definition) is 1. The standard InChI is InChI=1S/C33H41N3O4S/c1-26-14-9-12-21-30(26)36(41(2,39)40)23-13-22-32(37)35(25-28-17-7-4-8-18-28)31(24-27-15-5-3-6-16-27)33(38)34-29-19-10-11-20-29/h3-9,12,14-18,21,29,31H,10-11,13,19-20,22-25H2,1-2H3,(H,34,38). The molecule has 0 saturated heterocycles. The molecule has 1 N–H and O–H groups in total. The van der Waals surface area contributed by atoms with Crippen LogP contribution in [0.25, 0.3) is 0 Å². The molecule has 2 amide bonds. The summed E-state index contributed by atoms with van der Waals surface area (Å²) in [6.07, 6.45) is 6.13. The fourth-order valence-electron chi connectivity index (χ4n) is 5.53. The Morgan fingerprint density at radius 2 is 1.46 bits per heavy atom. The maximum atomic E-state index is 13.9. The largest absolute Gasteiger partial charge is 0.352 e. The van der Waals surface area contributed by atoms with Gasteiger partial charge in [-0.15, -0.1) is 0 Å². The van der Waals surface area contributed by atoms with E-state index in [9.17, 15) is 18.0 Å². The van der Waals surface area contributed by atoms with Gasteiger partial charge in [-0.1, -0.05) is 91.7 Å². The SMILES string of the molecule is Cc1ccccc1N(CCCC(=O)N(Cc1ccccc1)C(Cc1ccccc1)C(=O)NC1CCCC1)S(C)(=O)=O. The lowest BCUT2D eigenvalue weighted by molar-refractivity contribution is -0.141. The fourth-order valence-corrected chi connectivity index (χ4v) is 6.55. The fraction of sp³-hybridized carbons (Fsp3) is 0.394. The van der Waals surface area contributed by atoms with Crippen molar-refractivity contribution in [3.05, 3.63) is 102 Å². The average molecular weight is 576 g/mol. The summed E-state index contributed by atoms with van der Waals surface area (Å²) in [5, 5.41) is 3.22. The number of amides is 2. The molecule has 0 aliphatic heterocycles. The number of benzene rings is 3. The summed E-state index contributed by atoms with van der Waals surface area (Å²) < 4.78 is 26.7. The maximum absolute atomic E-state index is 13.9. The van der Waals surface area contributed by atoms with Crippen LogP contribution in [0.2, 0.25) is 0 Å². The van der Waals surface area contributed by atoms with Crippen LogP contribution in [0.4, 0.5) is 5.69 Å². The molecule has 1 aliphatic rings. The molecular weight excluding hydrogens is 534 g/mol. The highest BCUT2D eigenvalue weighted by molar-refractivity contribution is 7.92. The van der Waals surface area contributed by atoms with Gasteiger partial charge in [0, 0.05) is 32.0 Å². The predicted octanol–water partition coefficient (Wildman–Crippen LogP) is 5.24. The van der Waals surface area contributed by atoms with Gasteiger partial charge in [0.1, 0.15) is 6.04 Å². The molecule has 1 fully saturated rings. The van der Waals surface area contributed by atoms with Gasteiger partial charge in [0.05, 0.1) is 11.9 Å². The first-order valence-electron chi connectivity index (χ1n) is 14.4. The summed E-state index contributed by atoms with van der Waals surface area (Å²) in [5.74, 6) is -0.308. The second-order valence-corrected chi connectivity index (χ2v) is 12.8. The topological polar surface area (TPSA) is 86.8 Å². The van der Waals surface area contributed by atoms with Gasteiger partial charge in [0.25, 0.3) is 0 Å². The smallest absolute Gasteiger partial charge is 0.243 e. The molecule has 8 heteroatoms. The van der Waals surface area contributed by atoms with Crippen LogP contribution >= 0.6 is 0 Å². The van der Waals surface area contributed by atoms with E-state index in [-0.39, 0.29) is 30.8 Å². The Morgan fingerprint density at radius 1 is 0.878 bits per heavy atom. The van der Waals surface area contributed by atoms with Crippen LogP contribution in [0.3, 0.4) is 0 Å². The summed E-state index contributed by atoms with van der Waals surface area (Å²) in [6, 6.07) is 26.2. The Bertz CT molecular complexity index is 1390. The number of hydrogen-bond acceptors (Lipinski definition) is 4. The van der Waals surface area contributed by atoms with Crippen molar-refractivity contribution in [1.29, 1.82) is 0 Å². The van der Waals surface area contributed by atoms with Crippen molar-refractivity contribution in [2.45, 2.75) is 70.5 Å². The van der Waals surface area contributed by atoms with Crippen LogP contribution < -0.4 is 9.62 Å². The highest BCUT2D eigenvalue weighted by Gasteiger charge is 2.32. The van der Waals surface area contributed by atoms with E-state index in [0.717, 1.165) is 42.4 Å².